The van der Waals surface area contributed by atoms with Crippen molar-refractivity contribution in [2.75, 3.05) is 13.6 Å². The van der Waals surface area contributed by atoms with Crippen LogP contribution in [0, 0.1) is 5.92 Å². The number of nitrogens with zero attached hydrogens (tertiary/aromatic N) is 1. The Morgan fingerprint density at radius 2 is 1.60 bits per heavy atom. The van der Waals surface area contributed by atoms with Gasteiger partial charge in [-0.05, 0) is 37.1 Å². The van der Waals surface area contributed by atoms with Crippen LogP contribution in [0.5, 0.6) is 0 Å². The van der Waals surface area contributed by atoms with E-state index in [0.717, 1.165) is 19.0 Å². The van der Waals surface area contributed by atoms with Crippen molar-refractivity contribution in [2.24, 2.45) is 5.92 Å². The quantitative estimate of drug-likeness (QED) is 0.712. The van der Waals surface area contributed by atoms with E-state index < -0.39 is 0 Å². The van der Waals surface area contributed by atoms with Gasteiger partial charge < -0.3 is 4.90 Å². The van der Waals surface area contributed by atoms with E-state index in [9.17, 15) is 0 Å². The van der Waals surface area contributed by atoms with Crippen molar-refractivity contribution in [3.8, 4) is 0 Å². The van der Waals surface area contributed by atoms with Crippen molar-refractivity contribution >= 4 is 0 Å². The van der Waals surface area contributed by atoms with Crippen LogP contribution in [0.4, 0.5) is 0 Å². The Kier molecular flexibility index (Phi) is 4.83. The smallest absolute Gasteiger partial charge is 0.0230 e. The van der Waals surface area contributed by atoms with Gasteiger partial charge in [-0.3, -0.25) is 0 Å². The molecule has 1 aromatic rings. The predicted octanol–water partition coefficient (Wildman–Crippen LogP) is 3.34. The van der Waals surface area contributed by atoms with Crippen molar-refractivity contribution in [3.63, 3.8) is 0 Å². The summed E-state index contributed by atoms with van der Waals surface area (Å²) in [5.74, 6) is 0.745. The van der Waals surface area contributed by atoms with E-state index in [2.05, 4.69) is 57.0 Å². The van der Waals surface area contributed by atoms with Gasteiger partial charge in [-0.2, -0.15) is 0 Å². The minimum Gasteiger partial charge on any atom is -0.302 e. The first-order valence-electron chi connectivity index (χ1n) is 5.88. The van der Waals surface area contributed by atoms with E-state index in [1.807, 2.05) is 0 Å². The van der Waals surface area contributed by atoms with Crippen molar-refractivity contribution in [1.29, 1.82) is 0 Å². The zero-order valence-electron chi connectivity index (χ0n) is 10.5. The summed E-state index contributed by atoms with van der Waals surface area (Å²) in [6, 6.07) is 9.03. The molecule has 84 valence electrons. The lowest BCUT2D eigenvalue weighted by molar-refractivity contribution is 0.346. The van der Waals surface area contributed by atoms with Gasteiger partial charge in [0.15, 0.2) is 0 Å². The topological polar surface area (TPSA) is 3.24 Å². The molecule has 0 amide bonds. The minimum atomic E-state index is 0.745. The summed E-state index contributed by atoms with van der Waals surface area (Å²) in [5.41, 5.74) is 2.86. The van der Waals surface area contributed by atoms with Crippen LogP contribution in [0.1, 0.15) is 31.9 Å². The molecule has 0 saturated carbocycles. The molecule has 0 spiro atoms. The molecule has 0 bridgehead atoms. The SMILES string of the molecule is CCN(C)Cc1ccc(CC(C)C)cc1. The molecule has 1 nitrogen and oxygen atoms in total. The molecular formula is C14H23N. The molecule has 1 heteroatoms. The van der Waals surface area contributed by atoms with Crippen LogP contribution in [0.25, 0.3) is 0 Å². The molecule has 0 heterocycles. The van der Waals surface area contributed by atoms with Gasteiger partial charge in [-0.15, -0.1) is 0 Å². The van der Waals surface area contributed by atoms with E-state index >= 15 is 0 Å². The molecule has 0 aliphatic heterocycles. The molecule has 1 rings (SSSR count). The van der Waals surface area contributed by atoms with E-state index in [4.69, 9.17) is 0 Å². The molecule has 0 aliphatic rings. The predicted molar refractivity (Wildman–Crippen MR) is 67.0 cm³/mol. The van der Waals surface area contributed by atoms with E-state index in [1.54, 1.807) is 0 Å². The van der Waals surface area contributed by atoms with Crippen LogP contribution in [-0.4, -0.2) is 18.5 Å². The highest BCUT2D eigenvalue weighted by Gasteiger charge is 2.00. The maximum absolute atomic E-state index is 2.32. The van der Waals surface area contributed by atoms with Crippen LogP contribution < -0.4 is 0 Å². The Morgan fingerprint density at radius 1 is 1.07 bits per heavy atom. The minimum absolute atomic E-state index is 0.745. The molecule has 1 aromatic carbocycles. The van der Waals surface area contributed by atoms with Crippen LogP contribution in [0.15, 0.2) is 24.3 Å². The molecule has 0 N–H and O–H groups in total. The lowest BCUT2D eigenvalue weighted by Crippen LogP contribution is -2.16. The first-order valence-corrected chi connectivity index (χ1v) is 5.88. The molecule has 0 saturated heterocycles. The summed E-state index contributed by atoms with van der Waals surface area (Å²) in [4.78, 5) is 2.32. The average molecular weight is 205 g/mol. The lowest BCUT2D eigenvalue weighted by Gasteiger charge is -2.14. The van der Waals surface area contributed by atoms with Gasteiger partial charge in [0.2, 0.25) is 0 Å². The van der Waals surface area contributed by atoms with Gasteiger partial charge in [0.05, 0.1) is 0 Å². The largest absolute Gasteiger partial charge is 0.302 e. The molecule has 15 heavy (non-hydrogen) atoms. The van der Waals surface area contributed by atoms with Gasteiger partial charge in [-0.1, -0.05) is 45.0 Å². The van der Waals surface area contributed by atoms with Crippen molar-refractivity contribution in [1.82, 2.24) is 4.90 Å². The first kappa shape index (κ1) is 12.3. The van der Waals surface area contributed by atoms with Gasteiger partial charge in [0.25, 0.3) is 0 Å². The number of rotatable bonds is 5. The Labute approximate surface area is 94.1 Å². The Bertz CT molecular complexity index is 274. The number of benzene rings is 1. The third kappa shape index (κ3) is 4.48. The fourth-order valence-corrected chi connectivity index (χ4v) is 1.68. The van der Waals surface area contributed by atoms with E-state index in [0.29, 0.717) is 0 Å². The monoisotopic (exact) mass is 205 g/mol. The summed E-state index contributed by atoms with van der Waals surface area (Å²) in [5, 5.41) is 0. The van der Waals surface area contributed by atoms with Crippen LogP contribution in [0.3, 0.4) is 0 Å². The van der Waals surface area contributed by atoms with Crippen molar-refractivity contribution in [2.45, 2.75) is 33.7 Å². The highest BCUT2D eigenvalue weighted by atomic mass is 15.1. The normalized spacial score (nSPS) is 11.3. The standard InChI is InChI=1S/C14H23N/c1-5-15(4)11-14-8-6-13(7-9-14)10-12(2)3/h6-9,12H,5,10-11H2,1-4H3. The van der Waals surface area contributed by atoms with Crippen LogP contribution in [-0.2, 0) is 13.0 Å². The highest BCUT2D eigenvalue weighted by Crippen LogP contribution is 2.10. The highest BCUT2D eigenvalue weighted by molar-refractivity contribution is 5.22. The molecular weight excluding hydrogens is 182 g/mol. The average Bonchev–Trinajstić information content (AvgIpc) is 2.20. The molecule has 0 atom stereocenters. The summed E-state index contributed by atoms with van der Waals surface area (Å²) in [6.07, 6.45) is 1.18. The van der Waals surface area contributed by atoms with Gasteiger partial charge in [0.1, 0.15) is 0 Å². The third-order valence-electron chi connectivity index (χ3n) is 2.66. The molecule has 0 fully saturated rings. The molecule has 0 radical (unpaired) electrons. The Morgan fingerprint density at radius 3 is 2.07 bits per heavy atom. The zero-order valence-corrected chi connectivity index (χ0v) is 10.5. The molecule has 0 aliphatic carbocycles. The maximum Gasteiger partial charge on any atom is 0.0230 e. The third-order valence-corrected chi connectivity index (χ3v) is 2.66. The zero-order chi connectivity index (χ0) is 11.3. The number of hydrogen-bond donors (Lipinski definition) is 0. The van der Waals surface area contributed by atoms with Crippen molar-refractivity contribution < 1.29 is 0 Å². The summed E-state index contributed by atoms with van der Waals surface area (Å²) in [6.45, 7) is 8.87. The van der Waals surface area contributed by atoms with Crippen LogP contribution in [0.2, 0.25) is 0 Å². The fraction of sp³-hybridized carbons (Fsp3) is 0.571. The molecule has 0 aromatic heterocycles. The van der Waals surface area contributed by atoms with E-state index in [-0.39, 0.29) is 0 Å². The van der Waals surface area contributed by atoms with Gasteiger partial charge >= 0.3 is 0 Å². The summed E-state index contributed by atoms with van der Waals surface area (Å²) in [7, 11) is 2.15. The molecule has 0 unspecified atom stereocenters. The van der Waals surface area contributed by atoms with Crippen LogP contribution >= 0.6 is 0 Å². The van der Waals surface area contributed by atoms with Gasteiger partial charge in [-0.25, -0.2) is 0 Å². The summed E-state index contributed by atoms with van der Waals surface area (Å²) < 4.78 is 0. The Hall–Kier alpha value is -0.820. The van der Waals surface area contributed by atoms with Crippen molar-refractivity contribution in [3.05, 3.63) is 35.4 Å². The Balaban J connectivity index is 2.56. The second-order valence-corrected chi connectivity index (χ2v) is 4.74. The summed E-state index contributed by atoms with van der Waals surface area (Å²) >= 11 is 0. The van der Waals surface area contributed by atoms with Gasteiger partial charge in [0, 0.05) is 6.54 Å². The first-order chi connectivity index (χ1) is 7.11. The van der Waals surface area contributed by atoms with E-state index in [1.165, 1.54) is 17.5 Å². The second kappa shape index (κ2) is 5.92. The lowest BCUT2D eigenvalue weighted by atomic mass is 10.0. The fourth-order valence-electron chi connectivity index (χ4n) is 1.68. The second-order valence-electron chi connectivity index (χ2n) is 4.74. The number of hydrogen-bond acceptors (Lipinski definition) is 1. The maximum atomic E-state index is 2.32.